The zero-order valence-corrected chi connectivity index (χ0v) is 19.3. The Morgan fingerprint density at radius 3 is 2.26 bits per heavy atom. The van der Waals surface area contributed by atoms with E-state index in [-0.39, 0.29) is 35.2 Å². The first-order chi connectivity index (χ1) is 14.6. The van der Waals surface area contributed by atoms with Crippen molar-refractivity contribution in [2.75, 3.05) is 18.0 Å². The van der Waals surface area contributed by atoms with E-state index in [4.69, 9.17) is 9.47 Å². The maximum absolute atomic E-state index is 13.5. The molecule has 0 saturated carbocycles. The van der Waals surface area contributed by atoms with E-state index in [1.165, 1.54) is 23.5 Å². The lowest BCUT2D eigenvalue weighted by Gasteiger charge is -2.36. The third kappa shape index (κ3) is 4.79. The lowest BCUT2D eigenvalue weighted by molar-refractivity contribution is -0.129. The Kier molecular flexibility index (Phi) is 6.79. The summed E-state index contributed by atoms with van der Waals surface area (Å²) in [4.78, 5) is 13.2. The molecule has 2 aromatic carbocycles. The van der Waals surface area contributed by atoms with Crippen LogP contribution in [0.1, 0.15) is 27.7 Å². The van der Waals surface area contributed by atoms with Crippen molar-refractivity contribution in [3.8, 4) is 11.5 Å². The minimum absolute atomic E-state index is 0.0417. The smallest absolute Gasteiger partial charge is 0.264 e. The molecular formula is C23H30N2O5S. The van der Waals surface area contributed by atoms with Crippen LogP contribution in [0.3, 0.4) is 0 Å². The van der Waals surface area contributed by atoms with Gasteiger partial charge < -0.3 is 14.8 Å². The van der Waals surface area contributed by atoms with Gasteiger partial charge in [-0.2, -0.15) is 0 Å². The molecule has 0 bridgehead atoms. The van der Waals surface area contributed by atoms with Crippen LogP contribution in [-0.4, -0.2) is 40.1 Å². The number of carbonyl (C=O) groups is 1. The van der Waals surface area contributed by atoms with Gasteiger partial charge in [-0.15, -0.1) is 0 Å². The Labute approximate surface area is 184 Å². The number of nitrogens with zero attached hydrogens (tertiary/aromatic N) is 1. The molecule has 31 heavy (non-hydrogen) atoms. The van der Waals surface area contributed by atoms with Gasteiger partial charge in [0.1, 0.15) is 11.5 Å². The summed E-state index contributed by atoms with van der Waals surface area (Å²) < 4.78 is 39.2. The van der Waals surface area contributed by atoms with Gasteiger partial charge in [-0.3, -0.25) is 9.10 Å². The molecule has 0 spiro atoms. The quantitative estimate of drug-likeness (QED) is 0.704. The lowest BCUT2D eigenvalue weighted by atomic mass is 9.93. The standard InChI is InChI=1S/C23H30N2O5S/c1-15(2)22(16(3)4)24-23(26)21-14-25(19-8-6-7-9-20(19)30-21)31(27,28)18-12-10-17(29-5)11-13-18/h6-13,15-16,21-22H,14H2,1-5H3,(H,24,26). The van der Waals surface area contributed by atoms with Gasteiger partial charge >= 0.3 is 0 Å². The Hall–Kier alpha value is -2.74. The van der Waals surface area contributed by atoms with Crippen molar-refractivity contribution in [3.63, 3.8) is 0 Å². The number of para-hydroxylation sites is 2. The Morgan fingerprint density at radius 2 is 1.68 bits per heavy atom. The maximum Gasteiger partial charge on any atom is 0.264 e. The van der Waals surface area contributed by atoms with Crippen LogP contribution in [0.4, 0.5) is 5.69 Å². The van der Waals surface area contributed by atoms with Crippen LogP contribution in [0.25, 0.3) is 0 Å². The molecule has 0 aromatic heterocycles. The molecule has 3 rings (SSSR count). The number of ether oxygens (including phenoxy) is 2. The number of nitrogens with one attached hydrogen (secondary N) is 1. The third-order valence-electron chi connectivity index (χ3n) is 5.42. The summed E-state index contributed by atoms with van der Waals surface area (Å²) in [5.41, 5.74) is 0.409. The van der Waals surface area contributed by atoms with Crippen LogP contribution in [0.2, 0.25) is 0 Å². The topological polar surface area (TPSA) is 84.9 Å². The molecule has 0 fully saturated rings. The molecule has 1 N–H and O–H groups in total. The average molecular weight is 447 g/mol. The van der Waals surface area contributed by atoms with E-state index < -0.39 is 16.1 Å². The van der Waals surface area contributed by atoms with E-state index in [1.807, 2.05) is 27.7 Å². The molecule has 168 valence electrons. The molecule has 1 aliphatic heterocycles. The second-order valence-electron chi connectivity index (χ2n) is 8.31. The molecule has 1 aliphatic rings. The lowest BCUT2D eigenvalue weighted by Crippen LogP contribution is -2.54. The van der Waals surface area contributed by atoms with Gasteiger partial charge in [0.2, 0.25) is 0 Å². The molecule has 1 heterocycles. The summed E-state index contributed by atoms with van der Waals surface area (Å²) in [6.45, 7) is 8.07. The van der Waals surface area contributed by atoms with Crippen molar-refractivity contribution >= 4 is 21.6 Å². The first kappa shape index (κ1) is 22.9. The minimum atomic E-state index is -3.91. The van der Waals surface area contributed by atoms with Crippen molar-refractivity contribution in [1.82, 2.24) is 5.32 Å². The van der Waals surface area contributed by atoms with Gasteiger partial charge in [-0.05, 0) is 48.2 Å². The summed E-state index contributed by atoms with van der Waals surface area (Å²) in [5, 5.41) is 3.04. The first-order valence-corrected chi connectivity index (χ1v) is 11.8. The number of sulfonamides is 1. The fourth-order valence-corrected chi connectivity index (χ4v) is 5.28. The summed E-state index contributed by atoms with van der Waals surface area (Å²) in [7, 11) is -2.39. The number of methoxy groups -OCH3 is 1. The van der Waals surface area contributed by atoms with Crippen LogP contribution in [-0.2, 0) is 14.8 Å². The number of hydrogen-bond donors (Lipinski definition) is 1. The largest absolute Gasteiger partial charge is 0.497 e. The predicted octanol–water partition coefficient (Wildman–Crippen LogP) is 3.45. The number of benzene rings is 2. The third-order valence-corrected chi connectivity index (χ3v) is 7.21. The van der Waals surface area contributed by atoms with Gasteiger partial charge in [0, 0.05) is 6.04 Å². The Morgan fingerprint density at radius 1 is 1.06 bits per heavy atom. The van der Waals surface area contributed by atoms with E-state index in [1.54, 1.807) is 36.4 Å². The minimum Gasteiger partial charge on any atom is -0.497 e. The molecule has 1 unspecified atom stereocenters. The molecule has 0 radical (unpaired) electrons. The highest BCUT2D eigenvalue weighted by molar-refractivity contribution is 7.92. The summed E-state index contributed by atoms with van der Waals surface area (Å²) in [5.74, 6) is 1.07. The van der Waals surface area contributed by atoms with Gasteiger partial charge in [-0.25, -0.2) is 8.42 Å². The SMILES string of the molecule is COc1ccc(S(=O)(=O)N2CC(C(=O)NC(C(C)C)C(C)C)Oc3ccccc32)cc1. The second kappa shape index (κ2) is 9.18. The highest BCUT2D eigenvalue weighted by Crippen LogP contribution is 2.37. The summed E-state index contributed by atoms with van der Waals surface area (Å²) in [6, 6.07) is 13.0. The molecule has 2 aromatic rings. The fourth-order valence-electron chi connectivity index (χ4n) is 3.80. The van der Waals surface area contributed by atoms with Crippen molar-refractivity contribution in [3.05, 3.63) is 48.5 Å². The molecule has 8 heteroatoms. The van der Waals surface area contributed by atoms with Crippen LogP contribution in [0.5, 0.6) is 11.5 Å². The first-order valence-electron chi connectivity index (χ1n) is 10.4. The van der Waals surface area contributed by atoms with E-state index in [0.717, 1.165) is 0 Å². The van der Waals surface area contributed by atoms with E-state index in [0.29, 0.717) is 17.2 Å². The van der Waals surface area contributed by atoms with E-state index in [9.17, 15) is 13.2 Å². The summed E-state index contributed by atoms with van der Waals surface area (Å²) in [6.07, 6.45) is -0.956. The van der Waals surface area contributed by atoms with Gasteiger partial charge in [0.25, 0.3) is 15.9 Å². The molecule has 0 saturated heterocycles. The number of amides is 1. The maximum atomic E-state index is 13.5. The van der Waals surface area contributed by atoms with Crippen LogP contribution < -0.4 is 19.1 Å². The fraction of sp³-hybridized carbons (Fsp3) is 0.435. The van der Waals surface area contributed by atoms with Gasteiger partial charge in [-0.1, -0.05) is 39.8 Å². The van der Waals surface area contributed by atoms with Crippen molar-refractivity contribution in [2.45, 2.75) is 44.7 Å². The molecule has 0 aliphatic carbocycles. The monoisotopic (exact) mass is 446 g/mol. The van der Waals surface area contributed by atoms with E-state index >= 15 is 0 Å². The molecule has 7 nitrogen and oxygen atoms in total. The van der Waals surface area contributed by atoms with Crippen molar-refractivity contribution in [2.24, 2.45) is 11.8 Å². The average Bonchev–Trinajstić information content (AvgIpc) is 2.75. The highest BCUT2D eigenvalue weighted by Gasteiger charge is 2.38. The Bertz CT molecular complexity index is 1010. The molecule has 1 amide bonds. The Balaban J connectivity index is 1.94. The van der Waals surface area contributed by atoms with Gasteiger partial charge in [0.05, 0.1) is 24.2 Å². The number of hydrogen-bond acceptors (Lipinski definition) is 5. The van der Waals surface area contributed by atoms with Crippen molar-refractivity contribution in [1.29, 1.82) is 0 Å². The van der Waals surface area contributed by atoms with Gasteiger partial charge in [0.15, 0.2) is 6.10 Å². The predicted molar refractivity (Wildman–Crippen MR) is 120 cm³/mol. The summed E-state index contributed by atoms with van der Waals surface area (Å²) >= 11 is 0. The number of rotatable bonds is 7. The molecule has 1 atom stereocenters. The number of carbonyl (C=O) groups excluding carboxylic acids is 1. The molecular weight excluding hydrogens is 416 g/mol. The normalized spacial score (nSPS) is 16.3. The van der Waals surface area contributed by atoms with Crippen LogP contribution in [0, 0.1) is 11.8 Å². The highest BCUT2D eigenvalue weighted by atomic mass is 32.2. The zero-order chi connectivity index (χ0) is 22.8. The number of anilines is 1. The van der Waals surface area contributed by atoms with Crippen molar-refractivity contribution < 1.29 is 22.7 Å². The number of fused-ring (bicyclic) bond motifs is 1. The van der Waals surface area contributed by atoms with E-state index in [2.05, 4.69) is 5.32 Å². The van der Waals surface area contributed by atoms with Crippen LogP contribution in [0.15, 0.2) is 53.4 Å². The second-order valence-corrected chi connectivity index (χ2v) is 10.2. The van der Waals surface area contributed by atoms with Crippen LogP contribution >= 0.6 is 0 Å². The zero-order valence-electron chi connectivity index (χ0n) is 18.5.